The number of carbonyl (C=O) groups is 2. The van der Waals surface area contributed by atoms with Crippen molar-refractivity contribution in [3.63, 3.8) is 0 Å². The second-order valence-electron chi connectivity index (χ2n) is 8.08. The van der Waals surface area contributed by atoms with Gasteiger partial charge in [0.25, 0.3) is 11.8 Å². The van der Waals surface area contributed by atoms with E-state index in [1.807, 2.05) is 30.3 Å². The molecule has 0 spiro atoms. The molecule has 0 aliphatic carbocycles. The van der Waals surface area contributed by atoms with E-state index in [-0.39, 0.29) is 23.3 Å². The lowest BCUT2D eigenvalue weighted by molar-refractivity contribution is -0.123. The Hall–Kier alpha value is -3.45. The van der Waals surface area contributed by atoms with Gasteiger partial charge in [0.2, 0.25) is 10.0 Å². The number of carbonyl (C=O) groups excluding carboxylic acids is 2. The summed E-state index contributed by atoms with van der Waals surface area (Å²) in [5.74, 6) is -0.158. The van der Waals surface area contributed by atoms with Crippen molar-refractivity contribution in [2.24, 2.45) is 10.1 Å². The molecule has 4 N–H and O–H groups in total. The molecule has 1 aliphatic rings. The molecule has 1 saturated heterocycles. The van der Waals surface area contributed by atoms with Crippen molar-refractivity contribution in [3.05, 3.63) is 93.3 Å². The van der Waals surface area contributed by atoms with Gasteiger partial charge in [-0.1, -0.05) is 46.3 Å². The summed E-state index contributed by atoms with van der Waals surface area (Å²) in [6, 6.07) is 20.8. The number of aliphatic imine (C=N–C) groups is 1. The number of hydrogen-bond donors (Lipinski definition) is 3. The number of benzene rings is 3. The Bertz CT molecular complexity index is 1510. The quantitative estimate of drug-likeness (QED) is 0.314. The zero-order valence-electron chi connectivity index (χ0n) is 19.9. The van der Waals surface area contributed by atoms with Crippen LogP contribution in [0.5, 0.6) is 5.75 Å². The zero-order chi connectivity index (χ0) is 27.1. The molecular weight excluding hydrogens is 592 g/mol. The Labute approximate surface area is 232 Å². The van der Waals surface area contributed by atoms with Gasteiger partial charge in [-0.15, -0.1) is 0 Å². The number of rotatable bonds is 9. The van der Waals surface area contributed by atoms with Crippen molar-refractivity contribution in [2.75, 3.05) is 13.2 Å². The van der Waals surface area contributed by atoms with Crippen molar-refractivity contribution in [1.82, 2.24) is 10.6 Å². The Balaban J connectivity index is 1.40. The highest BCUT2D eigenvalue weighted by Gasteiger charge is 2.24. The standard InChI is InChI=1S/C26H23BrN4O5S2/c27-19-6-11-22(36-16-24(32)29-13-12-17-4-2-1-3-5-17)18(14-19)15-23-25(33)31-26(37-23)30-20-7-9-21(10-8-20)38(28,34)35/h1-11,14-15H,12-13,16H2,(H,29,32)(H2,28,34,35)(H,30,31,33). The van der Waals surface area contributed by atoms with Crippen LogP contribution in [-0.2, 0) is 26.0 Å². The number of thioether (sulfide) groups is 1. The van der Waals surface area contributed by atoms with Gasteiger partial charge in [-0.3, -0.25) is 9.59 Å². The van der Waals surface area contributed by atoms with Gasteiger partial charge in [-0.25, -0.2) is 18.5 Å². The van der Waals surface area contributed by atoms with Crippen molar-refractivity contribution in [2.45, 2.75) is 11.3 Å². The lowest BCUT2D eigenvalue weighted by Crippen LogP contribution is -2.30. The summed E-state index contributed by atoms with van der Waals surface area (Å²) in [6.07, 6.45) is 2.37. The maximum atomic E-state index is 12.6. The molecule has 1 heterocycles. The van der Waals surface area contributed by atoms with E-state index in [4.69, 9.17) is 9.88 Å². The molecule has 4 rings (SSSR count). The number of hydrogen-bond acceptors (Lipinski definition) is 7. The number of amidine groups is 1. The minimum Gasteiger partial charge on any atom is -0.483 e. The molecule has 0 unspecified atom stereocenters. The third-order valence-electron chi connectivity index (χ3n) is 5.24. The van der Waals surface area contributed by atoms with Crippen LogP contribution in [0.15, 0.2) is 92.1 Å². The molecule has 38 heavy (non-hydrogen) atoms. The van der Waals surface area contributed by atoms with E-state index in [0.717, 1.165) is 21.8 Å². The van der Waals surface area contributed by atoms with E-state index in [1.54, 1.807) is 24.3 Å². The van der Waals surface area contributed by atoms with Crippen molar-refractivity contribution in [1.29, 1.82) is 0 Å². The highest BCUT2D eigenvalue weighted by molar-refractivity contribution is 9.10. The molecular formula is C26H23BrN4O5S2. The molecule has 1 fully saturated rings. The van der Waals surface area contributed by atoms with Gasteiger partial charge in [-0.05, 0) is 72.3 Å². The second kappa shape index (κ2) is 12.4. The normalized spacial score (nSPS) is 15.5. The molecule has 1 aliphatic heterocycles. The molecule has 196 valence electrons. The van der Waals surface area contributed by atoms with Crippen LogP contribution < -0.4 is 20.5 Å². The number of sulfonamides is 1. The van der Waals surface area contributed by atoms with E-state index in [2.05, 4.69) is 31.6 Å². The van der Waals surface area contributed by atoms with Gasteiger partial charge >= 0.3 is 0 Å². The fraction of sp³-hybridized carbons (Fsp3) is 0.115. The van der Waals surface area contributed by atoms with Crippen LogP contribution in [0.1, 0.15) is 11.1 Å². The van der Waals surface area contributed by atoms with Gasteiger partial charge in [0, 0.05) is 16.6 Å². The summed E-state index contributed by atoms with van der Waals surface area (Å²) in [5.41, 5.74) is 2.19. The van der Waals surface area contributed by atoms with Crippen LogP contribution in [0.3, 0.4) is 0 Å². The molecule has 0 saturated carbocycles. The number of nitrogens with two attached hydrogens (primary N) is 1. The van der Waals surface area contributed by atoms with Gasteiger partial charge < -0.3 is 15.4 Å². The second-order valence-corrected chi connectivity index (χ2v) is 11.6. The Morgan fingerprint density at radius 3 is 2.55 bits per heavy atom. The first-order chi connectivity index (χ1) is 18.2. The van der Waals surface area contributed by atoms with Crippen LogP contribution in [-0.4, -0.2) is 38.6 Å². The highest BCUT2D eigenvalue weighted by Crippen LogP contribution is 2.32. The van der Waals surface area contributed by atoms with E-state index in [9.17, 15) is 18.0 Å². The van der Waals surface area contributed by atoms with E-state index < -0.39 is 10.0 Å². The average molecular weight is 616 g/mol. The monoisotopic (exact) mass is 614 g/mol. The predicted molar refractivity (Wildman–Crippen MR) is 151 cm³/mol. The zero-order valence-corrected chi connectivity index (χ0v) is 23.1. The van der Waals surface area contributed by atoms with Gasteiger partial charge in [0.1, 0.15) is 5.75 Å². The predicted octanol–water partition coefficient (Wildman–Crippen LogP) is 3.73. The Kier molecular flexibility index (Phi) is 9.00. The smallest absolute Gasteiger partial charge is 0.264 e. The van der Waals surface area contributed by atoms with Crippen molar-refractivity contribution in [3.8, 4) is 5.75 Å². The minimum atomic E-state index is -3.81. The molecule has 3 aromatic carbocycles. The van der Waals surface area contributed by atoms with Gasteiger partial charge in [0.05, 0.1) is 15.5 Å². The summed E-state index contributed by atoms with van der Waals surface area (Å²) >= 11 is 4.55. The van der Waals surface area contributed by atoms with Gasteiger partial charge in [-0.2, -0.15) is 0 Å². The maximum Gasteiger partial charge on any atom is 0.264 e. The Morgan fingerprint density at radius 1 is 1.11 bits per heavy atom. The summed E-state index contributed by atoms with van der Waals surface area (Å²) in [5, 5.41) is 11.0. The lowest BCUT2D eigenvalue weighted by Gasteiger charge is -2.11. The highest BCUT2D eigenvalue weighted by atomic mass is 79.9. The fourth-order valence-corrected chi connectivity index (χ4v) is 5.13. The number of ether oxygens (including phenoxy) is 1. The first-order valence-electron chi connectivity index (χ1n) is 11.3. The third-order valence-corrected chi connectivity index (χ3v) is 7.57. The van der Waals surface area contributed by atoms with E-state index in [1.165, 1.54) is 24.3 Å². The van der Waals surface area contributed by atoms with Crippen LogP contribution in [0.2, 0.25) is 0 Å². The van der Waals surface area contributed by atoms with Gasteiger partial charge in [0.15, 0.2) is 11.8 Å². The number of halogens is 1. The lowest BCUT2D eigenvalue weighted by atomic mass is 10.1. The first-order valence-corrected chi connectivity index (χ1v) is 14.5. The molecule has 0 atom stereocenters. The number of amides is 2. The largest absolute Gasteiger partial charge is 0.483 e. The number of nitrogens with zero attached hydrogens (tertiary/aromatic N) is 1. The summed E-state index contributed by atoms with van der Waals surface area (Å²) in [4.78, 5) is 29.6. The molecule has 0 aromatic heterocycles. The summed E-state index contributed by atoms with van der Waals surface area (Å²) in [7, 11) is -3.81. The number of nitrogens with one attached hydrogen (secondary N) is 2. The Morgan fingerprint density at radius 2 is 1.84 bits per heavy atom. The van der Waals surface area contributed by atoms with Crippen LogP contribution in [0.25, 0.3) is 6.08 Å². The minimum absolute atomic E-state index is 0.0304. The third kappa shape index (κ3) is 7.78. The molecule has 12 heteroatoms. The fourth-order valence-electron chi connectivity index (χ4n) is 3.40. The average Bonchev–Trinajstić information content (AvgIpc) is 3.22. The maximum absolute atomic E-state index is 12.6. The number of primary sulfonamides is 1. The van der Waals surface area contributed by atoms with Crippen LogP contribution >= 0.6 is 27.7 Å². The molecule has 0 bridgehead atoms. The van der Waals surface area contributed by atoms with E-state index in [0.29, 0.717) is 40.0 Å². The summed E-state index contributed by atoms with van der Waals surface area (Å²) < 4.78 is 29.4. The molecule has 0 radical (unpaired) electrons. The van der Waals surface area contributed by atoms with E-state index >= 15 is 0 Å². The molecule has 9 nitrogen and oxygen atoms in total. The van der Waals surface area contributed by atoms with Crippen LogP contribution in [0, 0.1) is 0 Å². The van der Waals surface area contributed by atoms with Crippen molar-refractivity contribution < 1.29 is 22.7 Å². The molecule has 3 aromatic rings. The first kappa shape index (κ1) is 27.6. The topological polar surface area (TPSA) is 140 Å². The van der Waals surface area contributed by atoms with Crippen LogP contribution in [0.4, 0.5) is 5.69 Å². The SMILES string of the molecule is NS(=O)(=O)c1ccc(N=C2NC(=O)C(=Cc3cc(Br)ccc3OCC(=O)NCCc3ccccc3)S2)cc1. The van der Waals surface area contributed by atoms with Crippen molar-refractivity contribution >= 4 is 66.5 Å². The molecule has 2 amide bonds. The summed E-state index contributed by atoms with van der Waals surface area (Å²) in [6.45, 7) is 0.320.